The molecule has 0 radical (unpaired) electrons. The van der Waals surface area contributed by atoms with Crippen LogP contribution in [-0.4, -0.2) is 18.8 Å². The van der Waals surface area contributed by atoms with Crippen LogP contribution in [-0.2, 0) is 21.3 Å². The predicted molar refractivity (Wildman–Crippen MR) is 87.8 cm³/mol. The maximum Gasteiger partial charge on any atom is 0.340 e. The molecular formula is C16H20O6S. The van der Waals surface area contributed by atoms with Gasteiger partial charge in [0.2, 0.25) is 0 Å². The van der Waals surface area contributed by atoms with Crippen molar-refractivity contribution in [3.63, 3.8) is 0 Å². The second kappa shape index (κ2) is 7.06. The quantitative estimate of drug-likeness (QED) is 0.792. The average Bonchev–Trinajstić information content (AvgIpc) is 2.44. The molecule has 126 valence electrons. The Hall–Kier alpha value is -1.99. The molecule has 0 fully saturated rings. The minimum Gasteiger partial charge on any atom is -0.423 e. The number of carbonyl (C=O) groups is 1. The first-order valence-corrected chi connectivity index (χ1v) is 8.42. The van der Waals surface area contributed by atoms with Crippen LogP contribution in [0.3, 0.4) is 0 Å². The number of allylic oxidation sites excluding steroid dienone is 1. The summed E-state index contributed by atoms with van der Waals surface area (Å²) in [5, 5.41) is 0.293. The van der Waals surface area contributed by atoms with E-state index in [-0.39, 0.29) is 29.1 Å². The van der Waals surface area contributed by atoms with Crippen molar-refractivity contribution >= 4 is 28.1 Å². The van der Waals surface area contributed by atoms with Crippen LogP contribution in [0, 0.1) is 12.8 Å². The second-order valence-corrected chi connectivity index (χ2v) is 6.92. The van der Waals surface area contributed by atoms with Crippen LogP contribution in [0.25, 0.3) is 12.2 Å². The van der Waals surface area contributed by atoms with Crippen molar-refractivity contribution in [2.24, 2.45) is 5.92 Å². The van der Waals surface area contributed by atoms with Crippen molar-refractivity contribution in [2.75, 3.05) is 0 Å². The Morgan fingerprint density at radius 1 is 1.39 bits per heavy atom. The molecule has 0 amide bonds. The maximum absolute atomic E-state index is 12.1. The van der Waals surface area contributed by atoms with Crippen LogP contribution < -0.4 is 16.3 Å². The summed E-state index contributed by atoms with van der Waals surface area (Å²) >= 11 is 0. The third-order valence-corrected chi connectivity index (χ3v) is 4.25. The van der Waals surface area contributed by atoms with Crippen molar-refractivity contribution in [1.82, 2.24) is 0 Å². The molecule has 0 saturated heterocycles. The Labute approximate surface area is 134 Å². The molecule has 0 aliphatic carbocycles. The lowest BCUT2D eigenvalue weighted by atomic mass is 9.98. The first-order chi connectivity index (χ1) is 10.5. The van der Waals surface area contributed by atoms with Crippen molar-refractivity contribution in [3.05, 3.63) is 43.7 Å². The average molecular weight is 340 g/mol. The van der Waals surface area contributed by atoms with E-state index in [1.165, 1.54) is 6.08 Å². The molecule has 0 aliphatic heterocycles. The summed E-state index contributed by atoms with van der Waals surface area (Å²) in [5.74, 6) is -0.375. The number of hydrogen-bond acceptors (Lipinski definition) is 5. The molecule has 0 aromatic carbocycles. The zero-order chi connectivity index (χ0) is 17.9. The largest absolute Gasteiger partial charge is 0.423 e. The van der Waals surface area contributed by atoms with E-state index in [9.17, 15) is 18.0 Å². The van der Waals surface area contributed by atoms with E-state index in [0.29, 0.717) is 10.8 Å². The highest BCUT2D eigenvalue weighted by Gasteiger charge is 2.16. The van der Waals surface area contributed by atoms with Gasteiger partial charge in [0.25, 0.3) is 10.1 Å². The maximum atomic E-state index is 12.1. The molecule has 0 spiro atoms. The van der Waals surface area contributed by atoms with E-state index in [4.69, 9.17) is 8.97 Å². The van der Waals surface area contributed by atoms with Gasteiger partial charge in [0.15, 0.2) is 0 Å². The highest BCUT2D eigenvalue weighted by atomic mass is 32.2. The van der Waals surface area contributed by atoms with E-state index in [1.807, 2.05) is 0 Å². The van der Waals surface area contributed by atoms with Gasteiger partial charge in [0.05, 0.1) is 4.91 Å². The zero-order valence-corrected chi connectivity index (χ0v) is 14.4. The number of ketones is 1. The molecule has 1 heterocycles. The van der Waals surface area contributed by atoms with E-state index in [2.05, 4.69) is 6.58 Å². The first-order valence-electron chi connectivity index (χ1n) is 6.98. The molecule has 6 nitrogen and oxygen atoms in total. The summed E-state index contributed by atoms with van der Waals surface area (Å²) in [6.45, 7) is 9.94. The minimum absolute atomic E-state index is 0.102. The van der Waals surface area contributed by atoms with Crippen LogP contribution >= 0.6 is 0 Å². The predicted octanol–water partition coefficient (Wildman–Crippen LogP) is 0.698. The Morgan fingerprint density at radius 3 is 2.39 bits per heavy atom. The summed E-state index contributed by atoms with van der Waals surface area (Å²) < 4.78 is 36.4. The summed E-state index contributed by atoms with van der Waals surface area (Å²) in [6, 6.07) is 0. The molecule has 1 aromatic heterocycles. The fraction of sp³-hybridized carbons (Fsp3) is 0.375. The monoisotopic (exact) mass is 340 g/mol. The third kappa shape index (κ3) is 4.49. The van der Waals surface area contributed by atoms with E-state index >= 15 is 0 Å². The standard InChI is InChI=1S/C16H20O6S/c1-6-15-12(7-10(4)23(19,20)21)11(5)13(16(18)22-15)8-14(17)9(2)3/h6-7,9H,4,8H2,1-3,5H3,(H,19,20,21)/b12-7-,15-6+. The van der Waals surface area contributed by atoms with Gasteiger partial charge in [0, 0.05) is 23.1 Å². The van der Waals surface area contributed by atoms with Crippen LogP contribution in [0.4, 0.5) is 0 Å². The minimum atomic E-state index is -4.45. The summed E-state index contributed by atoms with van der Waals surface area (Å²) in [6.07, 6.45) is 2.51. The molecular weight excluding hydrogens is 320 g/mol. The molecule has 1 aromatic rings. The molecule has 0 aliphatic rings. The molecule has 1 N–H and O–H groups in total. The SMILES string of the molecule is C=C(/C=c1/c(C)c(CC(=O)C(C)C)c(=O)o/c1=C/C)S(=O)(=O)O. The van der Waals surface area contributed by atoms with E-state index in [1.54, 1.807) is 27.7 Å². The second-order valence-electron chi connectivity index (χ2n) is 5.44. The Balaban J connectivity index is 3.72. The van der Waals surface area contributed by atoms with Crippen molar-refractivity contribution in [1.29, 1.82) is 0 Å². The topological polar surface area (TPSA) is 102 Å². The van der Waals surface area contributed by atoms with E-state index < -0.39 is 20.6 Å². The molecule has 0 bridgehead atoms. The summed E-state index contributed by atoms with van der Waals surface area (Å²) in [7, 11) is -4.45. The smallest absolute Gasteiger partial charge is 0.340 e. The van der Waals surface area contributed by atoms with Gasteiger partial charge in [-0.3, -0.25) is 9.35 Å². The normalized spacial score (nSPS) is 13.7. The van der Waals surface area contributed by atoms with Crippen LogP contribution in [0.2, 0.25) is 0 Å². The van der Waals surface area contributed by atoms with Crippen molar-refractivity contribution in [3.8, 4) is 0 Å². The van der Waals surface area contributed by atoms with Crippen LogP contribution in [0.15, 0.2) is 20.7 Å². The molecule has 7 heteroatoms. The fourth-order valence-corrected chi connectivity index (χ4v) is 2.20. The molecule has 0 saturated carbocycles. The van der Waals surface area contributed by atoms with Gasteiger partial charge in [-0.25, -0.2) is 4.79 Å². The first kappa shape index (κ1) is 19.1. The summed E-state index contributed by atoms with van der Waals surface area (Å²) in [4.78, 5) is 23.5. The number of Topliss-reactive ketones (excluding diaryl/α,β-unsaturated/α-hetero) is 1. The van der Waals surface area contributed by atoms with Crippen molar-refractivity contribution in [2.45, 2.75) is 34.1 Å². The fourth-order valence-electron chi connectivity index (χ4n) is 1.93. The van der Waals surface area contributed by atoms with Crippen molar-refractivity contribution < 1.29 is 22.2 Å². The van der Waals surface area contributed by atoms with Gasteiger partial charge < -0.3 is 4.42 Å². The van der Waals surface area contributed by atoms with Gasteiger partial charge in [-0.15, -0.1) is 0 Å². The number of hydrogen-bond donors (Lipinski definition) is 1. The van der Waals surface area contributed by atoms with Crippen LogP contribution in [0.1, 0.15) is 31.9 Å². The number of rotatable bonds is 5. The van der Waals surface area contributed by atoms with Gasteiger partial charge >= 0.3 is 5.63 Å². The highest BCUT2D eigenvalue weighted by molar-refractivity contribution is 7.90. The number of carbonyl (C=O) groups excluding carboxylic acids is 1. The Bertz CT molecular complexity index is 917. The molecule has 23 heavy (non-hydrogen) atoms. The third-order valence-electron chi connectivity index (χ3n) is 3.46. The summed E-state index contributed by atoms with van der Waals surface area (Å²) in [5.41, 5.74) is 0.106. The van der Waals surface area contributed by atoms with Gasteiger partial charge in [-0.05, 0) is 31.6 Å². The lowest BCUT2D eigenvalue weighted by molar-refractivity contribution is -0.121. The molecule has 0 atom stereocenters. The zero-order valence-electron chi connectivity index (χ0n) is 13.5. The molecule has 0 unspecified atom stereocenters. The Morgan fingerprint density at radius 2 is 1.96 bits per heavy atom. The lowest BCUT2D eigenvalue weighted by Gasteiger charge is -2.07. The van der Waals surface area contributed by atoms with Gasteiger partial charge in [-0.1, -0.05) is 20.4 Å². The van der Waals surface area contributed by atoms with Gasteiger partial charge in [0.1, 0.15) is 11.2 Å². The van der Waals surface area contributed by atoms with Gasteiger partial charge in [-0.2, -0.15) is 8.42 Å². The highest BCUT2D eigenvalue weighted by Crippen LogP contribution is 2.06. The van der Waals surface area contributed by atoms with Crippen LogP contribution in [0.5, 0.6) is 0 Å². The Kier molecular flexibility index (Phi) is 5.85. The molecule has 1 rings (SSSR count). The lowest BCUT2D eigenvalue weighted by Crippen LogP contribution is -2.35. The van der Waals surface area contributed by atoms with E-state index in [0.717, 1.165) is 6.08 Å².